The van der Waals surface area contributed by atoms with E-state index in [1.165, 1.54) is 4.90 Å². The largest absolute Gasteiger partial charge is 0.494 e. The summed E-state index contributed by atoms with van der Waals surface area (Å²) in [4.78, 5) is 12.8. The van der Waals surface area contributed by atoms with Crippen LogP contribution in [0.15, 0.2) is 18.2 Å². The Kier molecular flexibility index (Phi) is 5.90. The van der Waals surface area contributed by atoms with Gasteiger partial charge in [0.25, 0.3) is 0 Å². The molecule has 0 aromatic heterocycles. The summed E-state index contributed by atoms with van der Waals surface area (Å²) >= 11 is 0. The molecule has 156 valence electrons. The van der Waals surface area contributed by atoms with Gasteiger partial charge in [-0.2, -0.15) is 5.26 Å². The lowest BCUT2D eigenvalue weighted by atomic mass is 9.78. The fourth-order valence-corrected chi connectivity index (χ4v) is 3.37. The van der Waals surface area contributed by atoms with E-state index in [-0.39, 0.29) is 24.3 Å². The van der Waals surface area contributed by atoms with Crippen LogP contribution in [0.4, 0.5) is 4.39 Å². The second kappa shape index (κ2) is 7.94. The van der Waals surface area contributed by atoms with Gasteiger partial charge in [0.15, 0.2) is 6.17 Å². The first-order valence-electron chi connectivity index (χ1n) is 9.67. The number of rotatable bonds is 4. The Hall–Kier alpha value is -2.15. The highest BCUT2D eigenvalue weighted by molar-refractivity contribution is 6.62. The molecule has 1 amide bonds. The van der Waals surface area contributed by atoms with E-state index in [4.69, 9.17) is 19.2 Å². The molecule has 1 aromatic rings. The number of likely N-dealkylation sites (tertiary alicyclic amines) is 1. The zero-order valence-electron chi connectivity index (χ0n) is 17.1. The van der Waals surface area contributed by atoms with Gasteiger partial charge in [-0.25, -0.2) is 4.39 Å². The van der Waals surface area contributed by atoms with E-state index in [9.17, 15) is 14.4 Å². The lowest BCUT2D eigenvalue weighted by molar-refractivity contribution is -0.138. The highest BCUT2D eigenvalue weighted by Gasteiger charge is 2.51. The monoisotopic (exact) mass is 404 g/mol. The smallest absolute Gasteiger partial charge is 0.486 e. The number of aliphatic hydroxyl groups excluding tert-OH is 1. The zero-order chi connectivity index (χ0) is 21.4. The minimum Gasteiger partial charge on any atom is -0.486 e. The van der Waals surface area contributed by atoms with Gasteiger partial charge < -0.3 is 24.1 Å². The first-order chi connectivity index (χ1) is 13.6. The van der Waals surface area contributed by atoms with Crippen molar-refractivity contribution in [1.29, 1.82) is 5.26 Å². The van der Waals surface area contributed by atoms with Crippen molar-refractivity contribution in [2.75, 3.05) is 19.7 Å². The molecule has 29 heavy (non-hydrogen) atoms. The number of hydrogen-bond donors (Lipinski definition) is 1. The summed E-state index contributed by atoms with van der Waals surface area (Å²) in [6, 6.07) is 7.09. The Balaban J connectivity index is 1.72. The topological polar surface area (TPSA) is 92.0 Å². The standard InChI is InChI=1S/C20H26BFN2O5/c1-19(2)20(3,4)29-21(28-19)14-5-6-16(13(9-14)10-23)27-17-7-8-24(11-15(17)22)18(26)12-25/h5-6,9,15,17,25H,7-8,11-12H2,1-4H3/t15-,17-/m0/s1. The Morgan fingerprint density at radius 1 is 1.38 bits per heavy atom. The third kappa shape index (κ3) is 4.25. The van der Waals surface area contributed by atoms with Crippen molar-refractivity contribution in [2.24, 2.45) is 0 Å². The summed E-state index contributed by atoms with van der Waals surface area (Å²) in [6.07, 6.45) is -1.90. The number of ether oxygens (including phenoxy) is 1. The summed E-state index contributed by atoms with van der Waals surface area (Å²) < 4.78 is 32.3. The average Bonchev–Trinajstić information content (AvgIpc) is 2.90. The molecule has 0 bridgehead atoms. The van der Waals surface area contributed by atoms with Crippen LogP contribution in [-0.2, 0) is 14.1 Å². The van der Waals surface area contributed by atoms with E-state index < -0.39 is 43.1 Å². The number of nitriles is 1. The van der Waals surface area contributed by atoms with Crippen LogP contribution in [0.25, 0.3) is 0 Å². The Morgan fingerprint density at radius 2 is 2.03 bits per heavy atom. The van der Waals surface area contributed by atoms with Crippen molar-refractivity contribution in [2.45, 2.75) is 57.6 Å². The van der Waals surface area contributed by atoms with Gasteiger partial charge in [0.05, 0.1) is 23.3 Å². The van der Waals surface area contributed by atoms with E-state index in [1.807, 2.05) is 27.7 Å². The maximum atomic E-state index is 14.5. The summed E-state index contributed by atoms with van der Waals surface area (Å²) in [5.41, 5.74) is -0.0479. The Labute approximate surface area is 170 Å². The highest BCUT2D eigenvalue weighted by Crippen LogP contribution is 2.36. The van der Waals surface area contributed by atoms with Crippen LogP contribution in [0.1, 0.15) is 39.7 Å². The molecule has 0 saturated carbocycles. The average molecular weight is 404 g/mol. The van der Waals surface area contributed by atoms with E-state index in [1.54, 1.807) is 18.2 Å². The van der Waals surface area contributed by atoms with E-state index in [0.29, 0.717) is 12.0 Å². The van der Waals surface area contributed by atoms with Crippen molar-refractivity contribution in [3.05, 3.63) is 23.8 Å². The number of benzene rings is 1. The molecule has 2 saturated heterocycles. The van der Waals surface area contributed by atoms with Crippen LogP contribution in [0.2, 0.25) is 0 Å². The molecule has 9 heteroatoms. The van der Waals surface area contributed by atoms with E-state index in [0.717, 1.165) is 0 Å². The third-order valence-electron chi connectivity index (χ3n) is 5.90. The Morgan fingerprint density at radius 3 is 2.59 bits per heavy atom. The fourth-order valence-electron chi connectivity index (χ4n) is 3.37. The lowest BCUT2D eigenvalue weighted by Crippen LogP contribution is -2.50. The predicted molar refractivity (Wildman–Crippen MR) is 104 cm³/mol. The normalized spacial score (nSPS) is 25.6. The molecular formula is C20H26BFN2O5. The van der Waals surface area contributed by atoms with Crippen LogP contribution < -0.4 is 10.2 Å². The molecule has 7 nitrogen and oxygen atoms in total. The molecule has 0 unspecified atom stereocenters. The summed E-state index contributed by atoms with van der Waals surface area (Å²) in [7, 11) is -0.609. The Bertz CT molecular complexity index is 810. The van der Waals surface area contributed by atoms with Gasteiger partial charge in [0.1, 0.15) is 24.5 Å². The van der Waals surface area contributed by atoms with Crippen molar-refractivity contribution >= 4 is 18.5 Å². The van der Waals surface area contributed by atoms with Gasteiger partial charge in [-0.3, -0.25) is 4.79 Å². The molecule has 0 radical (unpaired) electrons. The van der Waals surface area contributed by atoms with Crippen molar-refractivity contribution in [3.63, 3.8) is 0 Å². The van der Waals surface area contributed by atoms with Gasteiger partial charge in [0.2, 0.25) is 5.91 Å². The molecule has 1 N–H and O–H groups in total. The number of alkyl halides is 1. The quantitative estimate of drug-likeness (QED) is 0.758. The second-order valence-electron chi connectivity index (χ2n) is 8.41. The van der Waals surface area contributed by atoms with Gasteiger partial charge in [-0.15, -0.1) is 0 Å². The summed E-state index contributed by atoms with van der Waals surface area (Å²) in [5.74, 6) is -0.224. The number of carbonyl (C=O) groups excluding carboxylic acids is 1. The number of nitrogens with zero attached hydrogens (tertiary/aromatic N) is 2. The zero-order valence-corrected chi connectivity index (χ0v) is 17.1. The predicted octanol–water partition coefficient (Wildman–Crippen LogP) is 1.17. The number of halogens is 1. The molecule has 3 rings (SSSR count). The second-order valence-corrected chi connectivity index (χ2v) is 8.41. The van der Waals surface area contributed by atoms with Gasteiger partial charge >= 0.3 is 7.12 Å². The van der Waals surface area contributed by atoms with Gasteiger partial charge in [-0.1, -0.05) is 6.07 Å². The van der Waals surface area contributed by atoms with Crippen molar-refractivity contribution in [3.8, 4) is 11.8 Å². The fraction of sp³-hybridized carbons (Fsp3) is 0.600. The molecular weight excluding hydrogens is 378 g/mol. The molecule has 2 heterocycles. The van der Waals surface area contributed by atoms with Crippen LogP contribution >= 0.6 is 0 Å². The summed E-state index contributed by atoms with van der Waals surface area (Å²) in [5, 5.41) is 18.5. The molecule has 2 aliphatic heterocycles. The minimum atomic E-state index is -1.41. The maximum absolute atomic E-state index is 14.5. The number of piperidine rings is 1. The van der Waals surface area contributed by atoms with Crippen LogP contribution in [-0.4, -0.2) is 66.2 Å². The van der Waals surface area contributed by atoms with Crippen molar-refractivity contribution in [1.82, 2.24) is 4.90 Å². The molecule has 2 atom stereocenters. The number of amides is 1. The lowest BCUT2D eigenvalue weighted by Gasteiger charge is -2.34. The first-order valence-corrected chi connectivity index (χ1v) is 9.67. The molecule has 2 fully saturated rings. The molecule has 2 aliphatic rings. The molecule has 0 spiro atoms. The molecule has 1 aromatic carbocycles. The first kappa shape index (κ1) is 21.6. The molecule has 0 aliphatic carbocycles. The minimum absolute atomic E-state index is 0.141. The number of carbonyl (C=O) groups is 1. The van der Waals surface area contributed by atoms with E-state index >= 15 is 0 Å². The highest BCUT2D eigenvalue weighted by atomic mass is 19.1. The van der Waals surface area contributed by atoms with Crippen LogP contribution in [0, 0.1) is 11.3 Å². The third-order valence-corrected chi connectivity index (χ3v) is 5.90. The van der Waals surface area contributed by atoms with Crippen LogP contribution in [0.5, 0.6) is 5.75 Å². The van der Waals surface area contributed by atoms with Gasteiger partial charge in [-0.05, 0) is 45.3 Å². The van der Waals surface area contributed by atoms with Gasteiger partial charge in [0, 0.05) is 13.0 Å². The number of aliphatic hydroxyl groups is 1. The van der Waals surface area contributed by atoms with Crippen LogP contribution in [0.3, 0.4) is 0 Å². The number of hydrogen-bond acceptors (Lipinski definition) is 6. The summed E-state index contributed by atoms with van der Waals surface area (Å²) in [6.45, 7) is 7.30. The SMILES string of the molecule is CC1(C)OB(c2ccc(O[C@H]3CCN(C(=O)CO)C[C@@H]3F)c(C#N)c2)OC1(C)C. The maximum Gasteiger partial charge on any atom is 0.494 e. The van der Waals surface area contributed by atoms with Crippen molar-refractivity contribution < 1.29 is 28.3 Å². The van der Waals surface area contributed by atoms with E-state index in [2.05, 4.69) is 6.07 Å².